The Morgan fingerprint density at radius 3 is 3.06 bits per heavy atom. The van der Waals surface area contributed by atoms with Crippen LogP contribution in [0.25, 0.3) is 0 Å². The molecule has 0 spiro atoms. The predicted molar refractivity (Wildman–Crippen MR) is 63.6 cm³/mol. The second kappa shape index (κ2) is 6.70. The van der Waals surface area contributed by atoms with E-state index in [0.29, 0.717) is 18.4 Å². The zero-order valence-corrected chi connectivity index (χ0v) is 10.1. The van der Waals surface area contributed by atoms with Crippen molar-refractivity contribution < 1.29 is 9.94 Å². The summed E-state index contributed by atoms with van der Waals surface area (Å²) in [5.74, 6) is 0.870. The first kappa shape index (κ1) is 13.3. The summed E-state index contributed by atoms with van der Waals surface area (Å²) < 4.78 is 5.62. The maximum atomic E-state index is 8.46. The van der Waals surface area contributed by atoms with Crippen LogP contribution in [0, 0.1) is 5.92 Å². The molecule has 1 aliphatic rings. The summed E-state index contributed by atoms with van der Waals surface area (Å²) in [4.78, 5) is 0. The molecular formula is C11H23N3O2. The van der Waals surface area contributed by atoms with Crippen molar-refractivity contribution >= 4 is 5.84 Å². The summed E-state index contributed by atoms with van der Waals surface area (Å²) in [6.07, 6.45) is 3.16. The molecule has 16 heavy (non-hydrogen) atoms. The van der Waals surface area contributed by atoms with Crippen LogP contribution in [0.3, 0.4) is 0 Å². The molecule has 1 rings (SSSR count). The molecule has 0 amide bonds. The van der Waals surface area contributed by atoms with Gasteiger partial charge in [0.25, 0.3) is 0 Å². The number of amidine groups is 1. The summed E-state index contributed by atoms with van der Waals surface area (Å²) in [5, 5.41) is 14.8. The Balaban J connectivity index is 2.23. The smallest absolute Gasteiger partial charge is 0.140 e. The monoisotopic (exact) mass is 229 g/mol. The molecule has 0 aromatic heterocycles. The average molecular weight is 229 g/mol. The number of hydrogen-bond donors (Lipinski definition) is 3. The second-order valence-corrected chi connectivity index (χ2v) is 4.47. The van der Waals surface area contributed by atoms with E-state index >= 15 is 0 Å². The van der Waals surface area contributed by atoms with E-state index in [0.717, 1.165) is 26.0 Å². The van der Waals surface area contributed by atoms with Crippen LogP contribution < -0.4 is 11.1 Å². The van der Waals surface area contributed by atoms with Crippen molar-refractivity contribution in [2.45, 2.75) is 45.3 Å². The highest BCUT2D eigenvalue weighted by Gasteiger charge is 2.26. The molecule has 1 fully saturated rings. The summed E-state index contributed by atoms with van der Waals surface area (Å²) >= 11 is 0. The van der Waals surface area contributed by atoms with Crippen molar-refractivity contribution in [3.63, 3.8) is 0 Å². The minimum absolute atomic E-state index is 0.231. The Kier molecular flexibility index (Phi) is 5.55. The highest BCUT2D eigenvalue weighted by molar-refractivity contribution is 5.80. The van der Waals surface area contributed by atoms with E-state index in [2.05, 4.69) is 17.4 Å². The molecule has 3 unspecified atom stereocenters. The van der Waals surface area contributed by atoms with E-state index < -0.39 is 0 Å². The minimum Gasteiger partial charge on any atom is -0.409 e. The fourth-order valence-electron chi connectivity index (χ4n) is 2.16. The maximum Gasteiger partial charge on any atom is 0.140 e. The van der Waals surface area contributed by atoms with Gasteiger partial charge in [-0.1, -0.05) is 12.1 Å². The molecule has 0 aromatic carbocycles. The zero-order chi connectivity index (χ0) is 12.0. The number of hydrogen-bond acceptors (Lipinski definition) is 4. The highest BCUT2D eigenvalue weighted by Crippen LogP contribution is 2.22. The molecule has 0 bridgehead atoms. The molecule has 3 atom stereocenters. The van der Waals surface area contributed by atoms with Crippen LogP contribution in [-0.4, -0.2) is 36.3 Å². The predicted octanol–water partition coefficient (Wildman–Crippen LogP) is 0.916. The van der Waals surface area contributed by atoms with Gasteiger partial charge in [0, 0.05) is 25.6 Å². The number of oxime groups is 1. The normalized spacial score (nSPS) is 28.2. The highest BCUT2D eigenvalue weighted by atomic mass is 16.5. The Labute approximate surface area is 97.0 Å². The molecule has 0 radical (unpaired) electrons. The maximum absolute atomic E-state index is 8.46. The van der Waals surface area contributed by atoms with Gasteiger partial charge in [0.1, 0.15) is 5.84 Å². The molecule has 5 heteroatoms. The lowest BCUT2D eigenvalue weighted by Gasteiger charge is -2.20. The Morgan fingerprint density at radius 1 is 1.69 bits per heavy atom. The number of nitrogens with one attached hydrogen (secondary N) is 1. The molecule has 0 aromatic rings. The fourth-order valence-corrected chi connectivity index (χ4v) is 2.16. The molecule has 4 N–H and O–H groups in total. The van der Waals surface area contributed by atoms with Crippen molar-refractivity contribution in [2.75, 3.05) is 13.2 Å². The van der Waals surface area contributed by atoms with E-state index in [1.807, 2.05) is 6.92 Å². The molecule has 0 aliphatic carbocycles. The first-order chi connectivity index (χ1) is 7.67. The van der Waals surface area contributed by atoms with E-state index in [1.54, 1.807) is 0 Å². The van der Waals surface area contributed by atoms with Crippen molar-refractivity contribution in [2.24, 2.45) is 16.8 Å². The van der Waals surface area contributed by atoms with Crippen molar-refractivity contribution in [3.05, 3.63) is 0 Å². The van der Waals surface area contributed by atoms with Gasteiger partial charge in [0.05, 0.1) is 6.10 Å². The van der Waals surface area contributed by atoms with Gasteiger partial charge in [-0.3, -0.25) is 0 Å². The summed E-state index contributed by atoms with van der Waals surface area (Å²) in [5.41, 5.74) is 5.45. The molecule has 0 saturated carbocycles. The van der Waals surface area contributed by atoms with E-state index in [9.17, 15) is 0 Å². The van der Waals surface area contributed by atoms with Crippen molar-refractivity contribution in [1.82, 2.24) is 5.32 Å². The van der Waals surface area contributed by atoms with Crippen LogP contribution in [0.1, 0.15) is 33.1 Å². The summed E-state index contributed by atoms with van der Waals surface area (Å²) in [6.45, 7) is 6.01. The lowest BCUT2D eigenvalue weighted by atomic mass is 9.99. The van der Waals surface area contributed by atoms with Gasteiger partial charge < -0.3 is 21.0 Å². The van der Waals surface area contributed by atoms with Crippen molar-refractivity contribution in [1.29, 1.82) is 0 Å². The van der Waals surface area contributed by atoms with Crippen LogP contribution in [0.2, 0.25) is 0 Å². The fraction of sp³-hybridized carbons (Fsp3) is 0.909. The standard InChI is InChI=1S/C11H23N3O2/c1-3-10-9(4-5-16-10)7-13-8(2)6-11(12)14-15/h8-10,13,15H,3-7H2,1-2H3,(H2,12,14). The molecule has 94 valence electrons. The Bertz CT molecular complexity index is 233. The summed E-state index contributed by atoms with van der Waals surface area (Å²) in [6, 6.07) is 0.231. The third-order valence-corrected chi connectivity index (χ3v) is 3.12. The first-order valence-corrected chi connectivity index (χ1v) is 5.98. The Hall–Kier alpha value is -0.810. The first-order valence-electron chi connectivity index (χ1n) is 5.98. The van der Waals surface area contributed by atoms with Gasteiger partial charge in [-0.25, -0.2) is 0 Å². The average Bonchev–Trinajstić information content (AvgIpc) is 2.73. The Morgan fingerprint density at radius 2 is 2.44 bits per heavy atom. The van der Waals surface area contributed by atoms with Gasteiger partial charge in [-0.2, -0.15) is 0 Å². The van der Waals surface area contributed by atoms with Crippen LogP contribution in [-0.2, 0) is 4.74 Å². The van der Waals surface area contributed by atoms with Gasteiger partial charge >= 0.3 is 0 Å². The quantitative estimate of drug-likeness (QED) is 0.274. The third-order valence-electron chi connectivity index (χ3n) is 3.12. The topological polar surface area (TPSA) is 79.9 Å². The van der Waals surface area contributed by atoms with Crippen molar-refractivity contribution in [3.8, 4) is 0 Å². The van der Waals surface area contributed by atoms with Gasteiger partial charge in [-0.05, 0) is 25.7 Å². The zero-order valence-electron chi connectivity index (χ0n) is 10.1. The molecule has 1 aliphatic heterocycles. The van der Waals surface area contributed by atoms with E-state index in [1.165, 1.54) is 0 Å². The molecule has 1 heterocycles. The number of nitrogens with two attached hydrogens (primary N) is 1. The summed E-state index contributed by atoms with van der Waals surface area (Å²) in [7, 11) is 0. The molecule has 1 saturated heterocycles. The van der Waals surface area contributed by atoms with Crippen LogP contribution >= 0.6 is 0 Å². The van der Waals surface area contributed by atoms with Crippen LogP contribution in [0.15, 0.2) is 5.16 Å². The lowest BCUT2D eigenvalue weighted by Crippen LogP contribution is -2.36. The SMILES string of the molecule is CCC1OCCC1CNC(C)CC(N)=NO. The van der Waals surface area contributed by atoms with Gasteiger partial charge in [0.2, 0.25) is 0 Å². The van der Waals surface area contributed by atoms with E-state index in [-0.39, 0.29) is 11.9 Å². The van der Waals surface area contributed by atoms with Gasteiger partial charge in [-0.15, -0.1) is 0 Å². The number of rotatable bonds is 6. The van der Waals surface area contributed by atoms with Crippen LogP contribution in [0.5, 0.6) is 0 Å². The minimum atomic E-state index is 0.231. The molecule has 5 nitrogen and oxygen atoms in total. The lowest BCUT2D eigenvalue weighted by molar-refractivity contribution is 0.0868. The van der Waals surface area contributed by atoms with Gasteiger partial charge in [0.15, 0.2) is 0 Å². The molecular weight excluding hydrogens is 206 g/mol. The van der Waals surface area contributed by atoms with E-state index in [4.69, 9.17) is 15.7 Å². The largest absolute Gasteiger partial charge is 0.409 e. The number of ether oxygens (including phenoxy) is 1. The van der Waals surface area contributed by atoms with Crippen LogP contribution in [0.4, 0.5) is 0 Å². The second-order valence-electron chi connectivity index (χ2n) is 4.47. The number of nitrogens with zero attached hydrogens (tertiary/aromatic N) is 1. The third kappa shape index (κ3) is 3.98.